The molecule has 0 radical (unpaired) electrons. The Kier molecular flexibility index (Phi) is 3.98. The number of ether oxygens (including phenoxy) is 2. The number of aromatic hydroxyl groups is 1. The quantitative estimate of drug-likeness (QED) is 0.783. The number of nitrogens with one attached hydrogen (secondary N) is 1. The summed E-state index contributed by atoms with van der Waals surface area (Å²) in [5.41, 5.74) is 0.791. The lowest BCUT2D eigenvalue weighted by Crippen LogP contribution is -2.33. The maximum atomic E-state index is 9.94. The fourth-order valence-electron chi connectivity index (χ4n) is 2.93. The van der Waals surface area contributed by atoms with Gasteiger partial charge in [0, 0.05) is 24.7 Å². The van der Waals surface area contributed by atoms with Crippen molar-refractivity contribution in [1.82, 2.24) is 5.32 Å². The van der Waals surface area contributed by atoms with E-state index >= 15 is 0 Å². The van der Waals surface area contributed by atoms with Gasteiger partial charge in [-0.1, -0.05) is 12.8 Å². The minimum absolute atomic E-state index is 0.193. The minimum Gasteiger partial charge on any atom is -0.507 e. The van der Waals surface area contributed by atoms with E-state index in [9.17, 15) is 10.2 Å². The molecule has 3 N–H and O–H groups in total. The highest BCUT2D eigenvalue weighted by atomic mass is 16.7. The highest BCUT2D eigenvalue weighted by Crippen LogP contribution is 2.37. The SMILES string of the molecule is Oc1cc2c(cc1CNCC1CCCCC1O)OCO2. The van der Waals surface area contributed by atoms with Crippen LogP contribution in [0.1, 0.15) is 31.2 Å². The van der Waals surface area contributed by atoms with E-state index in [1.807, 2.05) is 6.07 Å². The van der Waals surface area contributed by atoms with Crippen molar-refractivity contribution in [1.29, 1.82) is 0 Å². The predicted octanol–water partition coefficient (Wildman–Crippen LogP) is 1.76. The Morgan fingerprint density at radius 3 is 2.70 bits per heavy atom. The van der Waals surface area contributed by atoms with Crippen LogP contribution < -0.4 is 14.8 Å². The second-order valence-electron chi connectivity index (χ2n) is 5.58. The van der Waals surface area contributed by atoms with Crippen molar-refractivity contribution >= 4 is 0 Å². The zero-order valence-corrected chi connectivity index (χ0v) is 11.5. The molecule has 0 spiro atoms. The molecule has 2 aliphatic rings. The van der Waals surface area contributed by atoms with Crippen molar-refractivity contribution in [3.05, 3.63) is 17.7 Å². The maximum absolute atomic E-state index is 9.94. The third-order valence-electron chi connectivity index (χ3n) is 4.16. The molecular weight excluding hydrogens is 258 g/mol. The van der Waals surface area contributed by atoms with Crippen LogP contribution >= 0.6 is 0 Å². The third kappa shape index (κ3) is 2.83. The summed E-state index contributed by atoms with van der Waals surface area (Å²) in [6.45, 7) is 1.54. The molecule has 1 aliphatic carbocycles. The van der Waals surface area contributed by atoms with Crippen molar-refractivity contribution in [2.75, 3.05) is 13.3 Å². The average Bonchev–Trinajstić information content (AvgIpc) is 2.88. The number of benzene rings is 1. The summed E-state index contributed by atoms with van der Waals surface area (Å²) in [5, 5.41) is 23.2. The summed E-state index contributed by atoms with van der Waals surface area (Å²) in [5.74, 6) is 1.80. The Balaban J connectivity index is 1.56. The van der Waals surface area contributed by atoms with E-state index in [1.165, 1.54) is 6.42 Å². The molecule has 1 fully saturated rings. The number of aliphatic hydroxyl groups is 1. The maximum Gasteiger partial charge on any atom is 0.231 e. The van der Waals surface area contributed by atoms with Gasteiger partial charge in [0.1, 0.15) is 5.75 Å². The zero-order valence-electron chi connectivity index (χ0n) is 11.5. The van der Waals surface area contributed by atoms with Crippen molar-refractivity contribution in [2.45, 2.75) is 38.3 Å². The summed E-state index contributed by atoms with van der Waals surface area (Å²) >= 11 is 0. The van der Waals surface area contributed by atoms with Gasteiger partial charge in [-0.25, -0.2) is 0 Å². The Labute approximate surface area is 118 Å². The fraction of sp³-hybridized carbons (Fsp3) is 0.600. The van der Waals surface area contributed by atoms with Crippen molar-refractivity contribution in [3.63, 3.8) is 0 Å². The van der Waals surface area contributed by atoms with E-state index in [0.29, 0.717) is 24.0 Å². The van der Waals surface area contributed by atoms with E-state index in [1.54, 1.807) is 6.07 Å². The Morgan fingerprint density at radius 2 is 1.90 bits per heavy atom. The van der Waals surface area contributed by atoms with Gasteiger partial charge in [0.15, 0.2) is 11.5 Å². The van der Waals surface area contributed by atoms with E-state index < -0.39 is 0 Å². The Morgan fingerprint density at radius 1 is 1.15 bits per heavy atom. The van der Waals surface area contributed by atoms with Gasteiger partial charge < -0.3 is 25.0 Å². The number of hydrogen-bond acceptors (Lipinski definition) is 5. The van der Waals surface area contributed by atoms with Gasteiger partial charge in [0.2, 0.25) is 6.79 Å². The molecule has 0 bridgehead atoms. The summed E-state index contributed by atoms with van der Waals surface area (Å²) in [6.07, 6.45) is 4.10. The van der Waals surface area contributed by atoms with Crippen LogP contribution in [0.3, 0.4) is 0 Å². The summed E-state index contributed by atoms with van der Waals surface area (Å²) in [6, 6.07) is 3.40. The summed E-state index contributed by atoms with van der Waals surface area (Å²) < 4.78 is 10.5. The molecule has 1 aromatic rings. The molecular formula is C15H21NO4. The minimum atomic E-state index is -0.193. The molecule has 20 heavy (non-hydrogen) atoms. The van der Waals surface area contributed by atoms with Crippen LogP contribution in [-0.4, -0.2) is 29.7 Å². The topological polar surface area (TPSA) is 71.0 Å². The van der Waals surface area contributed by atoms with Crippen molar-refractivity contribution < 1.29 is 19.7 Å². The first kappa shape index (κ1) is 13.5. The third-order valence-corrected chi connectivity index (χ3v) is 4.16. The first-order valence-corrected chi connectivity index (χ1v) is 7.24. The van der Waals surface area contributed by atoms with Crippen LogP contribution in [0.25, 0.3) is 0 Å². The van der Waals surface area contributed by atoms with E-state index in [4.69, 9.17) is 9.47 Å². The van der Waals surface area contributed by atoms with Crippen LogP contribution in [-0.2, 0) is 6.54 Å². The molecule has 1 aromatic carbocycles. The van der Waals surface area contributed by atoms with Crippen LogP contribution in [0, 0.1) is 5.92 Å². The normalized spacial score (nSPS) is 24.9. The van der Waals surface area contributed by atoms with E-state index in [-0.39, 0.29) is 18.6 Å². The molecule has 1 saturated carbocycles. The van der Waals surface area contributed by atoms with Gasteiger partial charge in [-0.15, -0.1) is 0 Å². The number of aliphatic hydroxyl groups excluding tert-OH is 1. The first-order valence-electron chi connectivity index (χ1n) is 7.24. The lowest BCUT2D eigenvalue weighted by molar-refractivity contribution is 0.0695. The van der Waals surface area contributed by atoms with Crippen molar-refractivity contribution in [3.8, 4) is 17.2 Å². The highest BCUT2D eigenvalue weighted by Gasteiger charge is 2.23. The lowest BCUT2D eigenvalue weighted by Gasteiger charge is -2.27. The fourth-order valence-corrected chi connectivity index (χ4v) is 2.93. The number of fused-ring (bicyclic) bond motifs is 1. The number of phenols is 1. The van der Waals surface area contributed by atoms with Gasteiger partial charge in [0.25, 0.3) is 0 Å². The molecule has 2 atom stereocenters. The number of hydrogen-bond donors (Lipinski definition) is 3. The molecule has 1 aliphatic heterocycles. The smallest absolute Gasteiger partial charge is 0.231 e. The highest BCUT2D eigenvalue weighted by molar-refractivity contribution is 5.51. The van der Waals surface area contributed by atoms with Crippen LogP contribution in [0.4, 0.5) is 0 Å². The first-order chi connectivity index (χ1) is 9.74. The molecule has 1 heterocycles. The lowest BCUT2D eigenvalue weighted by atomic mass is 9.86. The standard InChI is InChI=1S/C15H21NO4/c17-12-4-2-1-3-10(12)7-16-8-11-5-14-15(6-13(11)18)20-9-19-14/h5-6,10,12,16-18H,1-4,7-9H2. The number of rotatable bonds is 4. The van der Waals surface area contributed by atoms with E-state index in [0.717, 1.165) is 31.4 Å². The van der Waals surface area contributed by atoms with Gasteiger partial charge >= 0.3 is 0 Å². The molecule has 5 heteroatoms. The Bertz CT molecular complexity index is 477. The van der Waals surface area contributed by atoms with Gasteiger partial charge in [-0.3, -0.25) is 0 Å². The Hall–Kier alpha value is -1.46. The van der Waals surface area contributed by atoms with Gasteiger partial charge in [-0.05, 0) is 24.8 Å². The van der Waals surface area contributed by atoms with Crippen LogP contribution in [0.2, 0.25) is 0 Å². The average molecular weight is 279 g/mol. The number of phenolic OH excluding ortho intramolecular Hbond substituents is 1. The molecule has 0 amide bonds. The van der Waals surface area contributed by atoms with Crippen LogP contribution in [0.5, 0.6) is 17.2 Å². The molecule has 3 rings (SSSR count). The molecule has 2 unspecified atom stereocenters. The molecule has 0 saturated heterocycles. The second-order valence-corrected chi connectivity index (χ2v) is 5.58. The summed E-state index contributed by atoms with van der Waals surface area (Å²) in [7, 11) is 0. The largest absolute Gasteiger partial charge is 0.507 e. The van der Waals surface area contributed by atoms with Gasteiger partial charge in [0.05, 0.1) is 6.10 Å². The van der Waals surface area contributed by atoms with Crippen molar-refractivity contribution in [2.24, 2.45) is 5.92 Å². The van der Waals surface area contributed by atoms with Crippen LogP contribution in [0.15, 0.2) is 12.1 Å². The monoisotopic (exact) mass is 279 g/mol. The molecule has 0 aromatic heterocycles. The van der Waals surface area contributed by atoms with Gasteiger partial charge in [-0.2, -0.15) is 0 Å². The molecule has 5 nitrogen and oxygen atoms in total. The predicted molar refractivity (Wildman–Crippen MR) is 73.9 cm³/mol. The van der Waals surface area contributed by atoms with E-state index in [2.05, 4.69) is 5.32 Å². The molecule has 110 valence electrons. The summed E-state index contributed by atoms with van der Waals surface area (Å²) in [4.78, 5) is 0. The second kappa shape index (κ2) is 5.89. The zero-order chi connectivity index (χ0) is 13.9.